The lowest BCUT2D eigenvalue weighted by atomic mass is 10.0. The highest BCUT2D eigenvalue weighted by atomic mass is 19.1. The number of benzene rings is 1. The van der Waals surface area contributed by atoms with Gasteiger partial charge in [0.15, 0.2) is 0 Å². The maximum Gasteiger partial charge on any atom is 0.270 e. The van der Waals surface area contributed by atoms with Crippen LogP contribution in [0.1, 0.15) is 50.1 Å². The fraction of sp³-hybridized carbons (Fsp3) is 0.517. The van der Waals surface area contributed by atoms with E-state index in [4.69, 9.17) is 0 Å². The first-order valence-electron chi connectivity index (χ1n) is 14.1. The summed E-state index contributed by atoms with van der Waals surface area (Å²) in [6.07, 6.45) is 7.57. The van der Waals surface area contributed by atoms with E-state index in [9.17, 15) is 10.1 Å². The molecular weight excluding hydrogens is 495 g/mol. The summed E-state index contributed by atoms with van der Waals surface area (Å²) < 4.78 is 16.9. The fourth-order valence-electron chi connectivity index (χ4n) is 6.39. The first-order valence-corrected chi connectivity index (χ1v) is 14.1. The molecule has 0 spiro atoms. The van der Waals surface area contributed by atoms with E-state index in [1.807, 2.05) is 18.2 Å². The molecule has 1 N–H and O–H groups in total. The van der Waals surface area contributed by atoms with Gasteiger partial charge in [-0.15, -0.1) is 0 Å². The third kappa shape index (κ3) is 5.21. The molecule has 204 valence electrons. The molecule has 2 aromatic heterocycles. The van der Waals surface area contributed by atoms with Gasteiger partial charge in [0.2, 0.25) is 5.95 Å². The van der Waals surface area contributed by atoms with E-state index < -0.39 is 0 Å². The van der Waals surface area contributed by atoms with Gasteiger partial charge >= 0.3 is 0 Å². The normalized spacial score (nSPS) is 20.0. The average Bonchev–Trinajstić information content (AvgIpc) is 3.48. The molecule has 6 rings (SSSR count). The molecule has 1 aromatic carbocycles. The highest BCUT2D eigenvalue weighted by Gasteiger charge is 2.28. The van der Waals surface area contributed by atoms with Gasteiger partial charge in [-0.2, -0.15) is 10.2 Å². The van der Waals surface area contributed by atoms with Gasteiger partial charge in [0, 0.05) is 68.6 Å². The number of anilines is 3. The summed E-state index contributed by atoms with van der Waals surface area (Å²) in [4.78, 5) is 29.2. The molecule has 3 aromatic rings. The van der Waals surface area contributed by atoms with Crippen LogP contribution in [0.15, 0.2) is 35.3 Å². The van der Waals surface area contributed by atoms with Crippen LogP contribution in [-0.4, -0.2) is 76.7 Å². The van der Waals surface area contributed by atoms with Crippen LogP contribution in [0.4, 0.5) is 21.7 Å². The van der Waals surface area contributed by atoms with Crippen LogP contribution in [0, 0.1) is 17.1 Å². The summed E-state index contributed by atoms with van der Waals surface area (Å²) in [6.45, 7) is 6.15. The van der Waals surface area contributed by atoms with Crippen molar-refractivity contribution in [3.8, 4) is 6.07 Å². The van der Waals surface area contributed by atoms with Gasteiger partial charge in [0.1, 0.15) is 23.1 Å². The van der Waals surface area contributed by atoms with E-state index in [0.717, 1.165) is 77.8 Å². The standard InChI is InChI=1S/C29H35FN8O/c1-35-12-14-36(15-13-35)23-8-10-37(11-9-23)26-7-6-22(17-25(26)30)33-29-32-19-21-16-20(18-31)28(39)38(27(21)34-29)24-4-2-3-5-24/h6-7,16-17,19,23-24H,2-5,8-15H2,1H3,(H,32,33,34). The molecule has 9 nitrogen and oxygen atoms in total. The van der Waals surface area contributed by atoms with Crippen LogP contribution >= 0.6 is 0 Å². The number of nitrogens with one attached hydrogen (secondary N) is 1. The number of likely N-dealkylation sites (N-methyl/N-ethyl adjacent to an activating group) is 1. The van der Waals surface area contributed by atoms with Crippen molar-refractivity contribution in [3.05, 3.63) is 52.2 Å². The van der Waals surface area contributed by atoms with Crippen molar-refractivity contribution in [3.63, 3.8) is 0 Å². The van der Waals surface area contributed by atoms with Gasteiger partial charge in [-0.3, -0.25) is 14.3 Å². The fourth-order valence-corrected chi connectivity index (χ4v) is 6.39. The Morgan fingerprint density at radius 3 is 2.44 bits per heavy atom. The molecule has 3 aliphatic rings. The van der Waals surface area contributed by atoms with Gasteiger partial charge in [0.25, 0.3) is 5.56 Å². The van der Waals surface area contributed by atoms with E-state index in [1.165, 1.54) is 6.07 Å². The molecule has 0 radical (unpaired) electrons. The van der Waals surface area contributed by atoms with Crippen molar-refractivity contribution in [1.82, 2.24) is 24.3 Å². The molecule has 2 saturated heterocycles. The second kappa shape index (κ2) is 10.9. The van der Waals surface area contributed by atoms with Crippen molar-refractivity contribution in [2.75, 3.05) is 56.5 Å². The van der Waals surface area contributed by atoms with Crippen LogP contribution in [0.25, 0.3) is 11.0 Å². The van der Waals surface area contributed by atoms with Crippen molar-refractivity contribution in [1.29, 1.82) is 5.26 Å². The van der Waals surface area contributed by atoms with Crippen LogP contribution in [0.5, 0.6) is 0 Å². The topological polar surface area (TPSA) is 93.3 Å². The number of halogens is 1. The van der Waals surface area contributed by atoms with Crippen LogP contribution in [0.3, 0.4) is 0 Å². The molecule has 0 atom stereocenters. The predicted molar refractivity (Wildman–Crippen MR) is 150 cm³/mol. The Bertz CT molecular complexity index is 1440. The number of rotatable bonds is 5. The largest absolute Gasteiger partial charge is 0.369 e. The SMILES string of the molecule is CN1CCN(C2CCN(c3ccc(Nc4ncc5cc(C#N)c(=O)n(C6CCCC6)c5n4)cc3F)CC2)CC1. The summed E-state index contributed by atoms with van der Waals surface area (Å²) in [6, 6.07) is 9.32. The van der Waals surface area contributed by atoms with Gasteiger partial charge in [0.05, 0.1) is 5.69 Å². The third-order valence-electron chi connectivity index (χ3n) is 8.65. The number of hydrogen-bond donors (Lipinski definition) is 1. The molecule has 0 unspecified atom stereocenters. The first kappa shape index (κ1) is 25.7. The van der Waals surface area contributed by atoms with Crippen molar-refractivity contribution in [2.24, 2.45) is 0 Å². The minimum Gasteiger partial charge on any atom is -0.369 e. The Morgan fingerprint density at radius 1 is 1.00 bits per heavy atom. The monoisotopic (exact) mass is 530 g/mol. The zero-order chi connectivity index (χ0) is 26.9. The molecule has 3 fully saturated rings. The lowest BCUT2D eigenvalue weighted by Crippen LogP contribution is -2.52. The number of fused-ring (bicyclic) bond motifs is 1. The number of piperazine rings is 1. The lowest BCUT2D eigenvalue weighted by molar-refractivity contribution is 0.0981. The number of nitriles is 1. The number of nitrogens with zero attached hydrogens (tertiary/aromatic N) is 7. The van der Waals surface area contributed by atoms with Gasteiger partial charge in [-0.25, -0.2) is 9.37 Å². The molecule has 1 aliphatic carbocycles. The summed E-state index contributed by atoms with van der Waals surface area (Å²) in [7, 11) is 2.17. The second-order valence-corrected chi connectivity index (χ2v) is 11.1. The summed E-state index contributed by atoms with van der Waals surface area (Å²) in [5.41, 5.74) is 1.46. The van der Waals surface area contributed by atoms with Crippen molar-refractivity contribution in [2.45, 2.75) is 50.6 Å². The first-order chi connectivity index (χ1) is 19.0. The van der Waals surface area contributed by atoms with Crippen LogP contribution < -0.4 is 15.8 Å². The lowest BCUT2D eigenvalue weighted by Gasteiger charge is -2.42. The maximum absolute atomic E-state index is 15.3. The molecule has 0 bridgehead atoms. The van der Waals surface area contributed by atoms with Crippen LogP contribution in [-0.2, 0) is 0 Å². The minimum absolute atomic E-state index is 0.0215. The third-order valence-corrected chi connectivity index (χ3v) is 8.65. The minimum atomic E-state index is -0.312. The number of aromatic nitrogens is 3. The van der Waals surface area contributed by atoms with E-state index in [-0.39, 0.29) is 23.0 Å². The predicted octanol–water partition coefficient (Wildman–Crippen LogP) is 3.88. The summed E-state index contributed by atoms with van der Waals surface area (Å²) in [5, 5.41) is 13.2. The highest BCUT2D eigenvalue weighted by Crippen LogP contribution is 2.32. The van der Waals surface area contributed by atoms with Gasteiger partial charge in [-0.1, -0.05) is 12.8 Å². The van der Waals surface area contributed by atoms with E-state index in [0.29, 0.717) is 34.4 Å². The second-order valence-electron chi connectivity index (χ2n) is 11.1. The molecule has 4 heterocycles. The number of hydrogen-bond acceptors (Lipinski definition) is 8. The smallest absolute Gasteiger partial charge is 0.270 e. The molecule has 1 saturated carbocycles. The molecule has 2 aliphatic heterocycles. The quantitative estimate of drug-likeness (QED) is 0.531. The zero-order valence-electron chi connectivity index (χ0n) is 22.4. The average molecular weight is 531 g/mol. The van der Waals surface area contributed by atoms with Gasteiger partial charge in [-0.05, 0) is 57.0 Å². The Morgan fingerprint density at radius 2 is 1.74 bits per heavy atom. The Balaban J connectivity index is 1.18. The Labute approximate surface area is 227 Å². The van der Waals surface area contributed by atoms with E-state index in [1.54, 1.807) is 16.8 Å². The molecule has 0 amide bonds. The van der Waals surface area contributed by atoms with Gasteiger partial charge < -0.3 is 15.1 Å². The highest BCUT2D eigenvalue weighted by molar-refractivity contribution is 5.77. The number of pyridine rings is 1. The Kier molecular flexibility index (Phi) is 7.19. The maximum atomic E-state index is 15.3. The molecular formula is C29H35FN8O. The summed E-state index contributed by atoms with van der Waals surface area (Å²) in [5.74, 6) is 0.0128. The number of piperidine rings is 1. The van der Waals surface area contributed by atoms with E-state index in [2.05, 4.69) is 37.0 Å². The van der Waals surface area contributed by atoms with Crippen molar-refractivity contribution >= 4 is 28.4 Å². The molecule has 10 heteroatoms. The van der Waals surface area contributed by atoms with E-state index >= 15 is 4.39 Å². The van der Waals surface area contributed by atoms with Crippen LogP contribution in [0.2, 0.25) is 0 Å². The zero-order valence-corrected chi connectivity index (χ0v) is 22.4. The summed E-state index contributed by atoms with van der Waals surface area (Å²) >= 11 is 0. The Hall–Kier alpha value is -3.55. The van der Waals surface area contributed by atoms with Crippen molar-refractivity contribution < 1.29 is 4.39 Å². The molecule has 39 heavy (non-hydrogen) atoms.